The molecule has 102 valence electrons. The van der Waals surface area contributed by atoms with E-state index in [1.807, 2.05) is 0 Å². The number of hydrogen-bond donors (Lipinski definition) is 1. The summed E-state index contributed by atoms with van der Waals surface area (Å²) in [5.74, 6) is -0.782. The van der Waals surface area contributed by atoms with Gasteiger partial charge in [0.2, 0.25) is 0 Å². The third-order valence-electron chi connectivity index (χ3n) is 4.16. The summed E-state index contributed by atoms with van der Waals surface area (Å²) >= 11 is 0. The first-order chi connectivity index (χ1) is 8.96. The van der Waals surface area contributed by atoms with Gasteiger partial charge in [0.25, 0.3) is 5.69 Å². The number of nitro groups is 1. The summed E-state index contributed by atoms with van der Waals surface area (Å²) in [6.45, 7) is 1.69. The average molecular weight is 263 g/mol. The van der Waals surface area contributed by atoms with Gasteiger partial charge in [0.05, 0.1) is 10.3 Å². The molecule has 0 aliphatic heterocycles. The summed E-state index contributed by atoms with van der Waals surface area (Å²) in [6, 6.07) is 4.89. The van der Waals surface area contributed by atoms with Gasteiger partial charge < -0.3 is 5.11 Å². The molecule has 0 heterocycles. The topological polar surface area (TPSA) is 80.4 Å². The van der Waals surface area contributed by atoms with Gasteiger partial charge in [-0.05, 0) is 31.7 Å². The van der Waals surface area contributed by atoms with Crippen molar-refractivity contribution in [2.75, 3.05) is 0 Å². The first-order valence-corrected chi connectivity index (χ1v) is 6.42. The van der Waals surface area contributed by atoms with E-state index in [9.17, 15) is 20.0 Å². The summed E-state index contributed by atoms with van der Waals surface area (Å²) in [7, 11) is 0. The fraction of sp³-hybridized carbons (Fsp3) is 0.500. The van der Waals surface area contributed by atoms with Crippen LogP contribution in [0.3, 0.4) is 0 Å². The van der Waals surface area contributed by atoms with E-state index in [0.717, 1.165) is 18.4 Å². The Bertz CT molecular complexity index is 518. The molecule has 0 radical (unpaired) electrons. The van der Waals surface area contributed by atoms with E-state index < -0.39 is 16.3 Å². The number of nitrogens with zero attached hydrogens (tertiary/aromatic N) is 1. The molecule has 5 nitrogen and oxygen atoms in total. The molecule has 0 spiro atoms. The molecule has 1 aromatic rings. The van der Waals surface area contributed by atoms with Crippen molar-refractivity contribution >= 4 is 11.7 Å². The number of nitro benzene ring substituents is 1. The first-order valence-electron chi connectivity index (χ1n) is 6.42. The molecule has 1 N–H and O–H groups in total. The Morgan fingerprint density at radius 3 is 2.58 bits per heavy atom. The maximum absolute atomic E-state index is 11.5. The fourth-order valence-electron chi connectivity index (χ4n) is 2.94. The highest BCUT2D eigenvalue weighted by atomic mass is 16.6. The molecule has 1 fully saturated rings. The Kier molecular flexibility index (Phi) is 3.55. The molecule has 19 heavy (non-hydrogen) atoms. The Balaban J connectivity index is 2.35. The lowest BCUT2D eigenvalue weighted by molar-refractivity contribution is -0.385. The van der Waals surface area contributed by atoms with Crippen LogP contribution in [0.1, 0.15) is 36.8 Å². The molecule has 1 aromatic carbocycles. The lowest BCUT2D eigenvalue weighted by Gasteiger charge is -2.24. The van der Waals surface area contributed by atoms with Gasteiger partial charge >= 0.3 is 5.97 Å². The Labute approximate surface area is 111 Å². The molecule has 1 saturated carbocycles. The molecule has 0 aromatic heterocycles. The van der Waals surface area contributed by atoms with Crippen LogP contribution in [0.2, 0.25) is 0 Å². The molecular formula is C14H17NO4. The van der Waals surface area contributed by atoms with Crippen molar-refractivity contribution in [3.8, 4) is 0 Å². The third-order valence-corrected chi connectivity index (χ3v) is 4.16. The second-order valence-corrected chi connectivity index (χ2v) is 5.29. The molecular weight excluding hydrogens is 246 g/mol. The van der Waals surface area contributed by atoms with Crippen LogP contribution >= 0.6 is 0 Å². The lowest BCUT2D eigenvalue weighted by Crippen LogP contribution is -2.30. The van der Waals surface area contributed by atoms with E-state index in [1.165, 1.54) is 6.07 Å². The number of carboxylic acids is 1. The molecule has 1 aliphatic carbocycles. The molecule has 0 atom stereocenters. The fourth-order valence-corrected chi connectivity index (χ4v) is 2.94. The maximum Gasteiger partial charge on any atom is 0.309 e. The Morgan fingerprint density at radius 2 is 2.05 bits per heavy atom. The van der Waals surface area contributed by atoms with Crippen molar-refractivity contribution < 1.29 is 14.8 Å². The zero-order chi connectivity index (χ0) is 14.0. The van der Waals surface area contributed by atoms with Gasteiger partial charge in [-0.25, -0.2) is 0 Å². The normalized spacial score (nSPS) is 17.3. The number of carbonyl (C=O) groups is 1. The van der Waals surface area contributed by atoms with Crippen LogP contribution in [0.4, 0.5) is 5.69 Å². The van der Waals surface area contributed by atoms with Crippen LogP contribution in [0.15, 0.2) is 18.2 Å². The minimum Gasteiger partial charge on any atom is -0.481 e. The molecule has 0 bridgehead atoms. The van der Waals surface area contributed by atoms with Crippen molar-refractivity contribution in [2.45, 2.75) is 39.0 Å². The Morgan fingerprint density at radius 1 is 1.42 bits per heavy atom. The summed E-state index contributed by atoms with van der Waals surface area (Å²) in [4.78, 5) is 22.0. The van der Waals surface area contributed by atoms with Crippen LogP contribution < -0.4 is 0 Å². The Hall–Kier alpha value is -1.91. The molecule has 0 unspecified atom stereocenters. The van der Waals surface area contributed by atoms with E-state index in [4.69, 9.17) is 0 Å². The summed E-state index contributed by atoms with van der Waals surface area (Å²) in [6.07, 6.45) is 3.53. The summed E-state index contributed by atoms with van der Waals surface area (Å²) < 4.78 is 0. The quantitative estimate of drug-likeness (QED) is 0.668. The number of hydrogen-bond acceptors (Lipinski definition) is 3. The van der Waals surface area contributed by atoms with Crippen molar-refractivity contribution in [2.24, 2.45) is 5.41 Å². The van der Waals surface area contributed by atoms with Crippen LogP contribution in [0.25, 0.3) is 0 Å². The molecule has 2 rings (SSSR count). The van der Waals surface area contributed by atoms with Crippen LogP contribution in [-0.4, -0.2) is 16.0 Å². The predicted octanol–water partition coefficient (Wildman–Crippen LogP) is 3.09. The van der Waals surface area contributed by atoms with Crippen LogP contribution in [-0.2, 0) is 11.2 Å². The number of rotatable bonds is 4. The number of carboxylic acid groups (broad SMARTS) is 1. The summed E-state index contributed by atoms with van der Waals surface area (Å²) in [5, 5.41) is 20.4. The maximum atomic E-state index is 11.5. The predicted molar refractivity (Wildman–Crippen MR) is 70.1 cm³/mol. The average Bonchev–Trinajstić information content (AvgIpc) is 2.81. The van der Waals surface area contributed by atoms with Crippen LogP contribution in [0.5, 0.6) is 0 Å². The molecule has 5 heteroatoms. The molecule has 0 amide bonds. The van der Waals surface area contributed by atoms with Gasteiger partial charge in [0, 0.05) is 11.6 Å². The highest BCUT2D eigenvalue weighted by molar-refractivity contribution is 5.75. The van der Waals surface area contributed by atoms with E-state index in [1.54, 1.807) is 19.1 Å². The van der Waals surface area contributed by atoms with Gasteiger partial charge in [-0.3, -0.25) is 14.9 Å². The first kappa shape index (κ1) is 13.5. The van der Waals surface area contributed by atoms with Crippen LogP contribution in [0, 0.1) is 22.5 Å². The van der Waals surface area contributed by atoms with Gasteiger partial charge in [-0.2, -0.15) is 0 Å². The van der Waals surface area contributed by atoms with E-state index in [-0.39, 0.29) is 5.69 Å². The van der Waals surface area contributed by atoms with Gasteiger partial charge in [0.1, 0.15) is 0 Å². The zero-order valence-corrected chi connectivity index (χ0v) is 10.9. The lowest BCUT2D eigenvalue weighted by atomic mass is 9.79. The minimum atomic E-state index is -0.782. The minimum absolute atomic E-state index is 0.0658. The number of aliphatic carboxylic acids is 1. The van der Waals surface area contributed by atoms with Crippen molar-refractivity contribution in [3.63, 3.8) is 0 Å². The van der Waals surface area contributed by atoms with Gasteiger partial charge in [-0.1, -0.05) is 25.0 Å². The second kappa shape index (κ2) is 4.99. The summed E-state index contributed by atoms with van der Waals surface area (Å²) in [5.41, 5.74) is 0.689. The standard InChI is InChI=1S/C14H17NO4/c1-10-11(5-4-6-12(10)15(18)19)9-14(13(16)17)7-2-3-8-14/h4-6H,2-3,7-9H2,1H3,(H,16,17). The monoisotopic (exact) mass is 263 g/mol. The SMILES string of the molecule is Cc1c(CC2(C(=O)O)CCCC2)cccc1[N+](=O)[O-]. The van der Waals surface area contributed by atoms with E-state index >= 15 is 0 Å². The van der Waals surface area contributed by atoms with Gasteiger partial charge in [0.15, 0.2) is 0 Å². The van der Waals surface area contributed by atoms with Gasteiger partial charge in [-0.15, -0.1) is 0 Å². The van der Waals surface area contributed by atoms with E-state index in [2.05, 4.69) is 0 Å². The molecule has 1 aliphatic rings. The zero-order valence-electron chi connectivity index (χ0n) is 10.9. The highest BCUT2D eigenvalue weighted by Crippen LogP contribution is 2.42. The van der Waals surface area contributed by atoms with Crippen molar-refractivity contribution in [3.05, 3.63) is 39.4 Å². The molecule has 0 saturated heterocycles. The highest BCUT2D eigenvalue weighted by Gasteiger charge is 2.41. The second-order valence-electron chi connectivity index (χ2n) is 5.29. The van der Waals surface area contributed by atoms with Crippen molar-refractivity contribution in [1.82, 2.24) is 0 Å². The smallest absolute Gasteiger partial charge is 0.309 e. The number of benzene rings is 1. The third kappa shape index (κ3) is 2.45. The van der Waals surface area contributed by atoms with Crippen molar-refractivity contribution in [1.29, 1.82) is 0 Å². The van der Waals surface area contributed by atoms with E-state index in [0.29, 0.717) is 24.8 Å². The largest absolute Gasteiger partial charge is 0.481 e.